The maximum Gasteiger partial charge on any atom is 0.243 e. The molecule has 1 aliphatic rings. The van der Waals surface area contributed by atoms with E-state index in [2.05, 4.69) is 0 Å². The Hall–Kier alpha value is -1.93. The highest BCUT2D eigenvalue weighted by molar-refractivity contribution is 7.89. The fourth-order valence-corrected chi connectivity index (χ4v) is 4.65. The predicted molar refractivity (Wildman–Crippen MR) is 104 cm³/mol. The van der Waals surface area contributed by atoms with Gasteiger partial charge in [0.05, 0.1) is 4.90 Å². The van der Waals surface area contributed by atoms with Gasteiger partial charge in [-0.3, -0.25) is 9.59 Å². The van der Waals surface area contributed by atoms with Crippen molar-refractivity contribution in [2.75, 3.05) is 39.3 Å². The van der Waals surface area contributed by atoms with Crippen LogP contribution in [-0.2, 0) is 19.6 Å². The first-order valence-corrected chi connectivity index (χ1v) is 10.9. The topological polar surface area (TPSA) is 78.0 Å². The van der Waals surface area contributed by atoms with E-state index in [4.69, 9.17) is 0 Å². The summed E-state index contributed by atoms with van der Waals surface area (Å²) in [5.74, 6) is 0.0608. The maximum atomic E-state index is 12.6. The highest BCUT2D eigenvalue weighted by Crippen LogP contribution is 2.17. The first-order chi connectivity index (χ1) is 12.9. The highest BCUT2D eigenvalue weighted by Gasteiger charge is 2.29. The molecular weight excluding hydrogens is 366 g/mol. The number of rotatable bonds is 8. The van der Waals surface area contributed by atoms with Crippen molar-refractivity contribution in [3.05, 3.63) is 30.3 Å². The molecule has 0 bridgehead atoms. The first kappa shape index (κ1) is 21.4. The summed E-state index contributed by atoms with van der Waals surface area (Å²) in [5.41, 5.74) is 0. The summed E-state index contributed by atoms with van der Waals surface area (Å²) in [5, 5.41) is 0. The minimum Gasteiger partial charge on any atom is -0.343 e. The van der Waals surface area contributed by atoms with Crippen LogP contribution in [0.5, 0.6) is 0 Å². The zero-order chi connectivity index (χ0) is 19.9. The monoisotopic (exact) mass is 395 g/mol. The van der Waals surface area contributed by atoms with E-state index in [1.807, 2.05) is 13.8 Å². The van der Waals surface area contributed by atoms with Crippen molar-refractivity contribution >= 4 is 21.8 Å². The molecule has 0 N–H and O–H groups in total. The van der Waals surface area contributed by atoms with Crippen LogP contribution in [0.3, 0.4) is 0 Å². The molecule has 0 spiro atoms. The SMILES string of the molecule is CCN(CC)C(=O)CCCC(=O)N1CCN(S(=O)(=O)c2ccccc2)CC1. The third-order valence-electron chi connectivity index (χ3n) is 4.87. The normalized spacial score (nSPS) is 15.6. The van der Waals surface area contributed by atoms with Crippen molar-refractivity contribution in [2.24, 2.45) is 0 Å². The smallest absolute Gasteiger partial charge is 0.243 e. The van der Waals surface area contributed by atoms with Gasteiger partial charge >= 0.3 is 0 Å². The Morgan fingerprint density at radius 2 is 1.56 bits per heavy atom. The molecule has 1 heterocycles. The molecule has 7 nitrogen and oxygen atoms in total. The zero-order valence-electron chi connectivity index (χ0n) is 16.1. The average molecular weight is 396 g/mol. The predicted octanol–water partition coefficient (Wildman–Crippen LogP) is 1.56. The van der Waals surface area contributed by atoms with Crippen molar-refractivity contribution in [2.45, 2.75) is 38.0 Å². The molecule has 2 amide bonds. The van der Waals surface area contributed by atoms with E-state index < -0.39 is 10.0 Å². The molecule has 1 aromatic rings. The lowest BCUT2D eigenvalue weighted by Crippen LogP contribution is -2.50. The second kappa shape index (κ2) is 9.85. The van der Waals surface area contributed by atoms with E-state index in [-0.39, 0.29) is 16.7 Å². The third-order valence-corrected chi connectivity index (χ3v) is 6.78. The summed E-state index contributed by atoms with van der Waals surface area (Å²) in [6, 6.07) is 8.35. The van der Waals surface area contributed by atoms with Crippen LogP contribution >= 0.6 is 0 Å². The van der Waals surface area contributed by atoms with Gasteiger partial charge in [-0.05, 0) is 32.4 Å². The summed E-state index contributed by atoms with van der Waals surface area (Å²) >= 11 is 0. The van der Waals surface area contributed by atoms with Crippen LogP contribution in [0.15, 0.2) is 35.2 Å². The van der Waals surface area contributed by atoms with Gasteiger partial charge in [-0.25, -0.2) is 8.42 Å². The average Bonchev–Trinajstić information content (AvgIpc) is 2.69. The number of sulfonamides is 1. The molecule has 0 saturated carbocycles. The van der Waals surface area contributed by atoms with Crippen LogP contribution in [-0.4, -0.2) is 73.6 Å². The van der Waals surface area contributed by atoms with Crippen LogP contribution < -0.4 is 0 Å². The highest BCUT2D eigenvalue weighted by atomic mass is 32.2. The Bertz CT molecular complexity index is 725. The Morgan fingerprint density at radius 1 is 0.963 bits per heavy atom. The Labute approximate surface area is 162 Å². The number of carbonyl (C=O) groups excluding carboxylic acids is 2. The molecule has 1 aromatic carbocycles. The van der Waals surface area contributed by atoms with E-state index in [1.54, 1.807) is 40.1 Å². The Balaban J connectivity index is 1.80. The largest absolute Gasteiger partial charge is 0.343 e. The lowest BCUT2D eigenvalue weighted by atomic mass is 10.2. The number of piperazine rings is 1. The molecule has 1 aliphatic heterocycles. The van der Waals surface area contributed by atoms with Crippen molar-refractivity contribution in [1.82, 2.24) is 14.1 Å². The van der Waals surface area contributed by atoms with E-state index >= 15 is 0 Å². The second-order valence-electron chi connectivity index (χ2n) is 6.52. The van der Waals surface area contributed by atoms with E-state index in [0.29, 0.717) is 58.5 Å². The summed E-state index contributed by atoms with van der Waals surface area (Å²) in [7, 11) is -3.51. The first-order valence-electron chi connectivity index (χ1n) is 9.50. The standard InChI is InChI=1S/C19H29N3O4S/c1-3-20(4-2)18(23)11-8-12-19(24)21-13-15-22(16-14-21)27(25,26)17-9-6-5-7-10-17/h5-7,9-10H,3-4,8,11-16H2,1-2H3. The minimum atomic E-state index is -3.51. The van der Waals surface area contributed by atoms with E-state index in [9.17, 15) is 18.0 Å². The molecule has 0 aromatic heterocycles. The molecule has 1 saturated heterocycles. The van der Waals surface area contributed by atoms with Crippen molar-refractivity contribution in [3.8, 4) is 0 Å². The van der Waals surface area contributed by atoms with Crippen LogP contribution in [0.4, 0.5) is 0 Å². The number of hydrogen-bond donors (Lipinski definition) is 0. The van der Waals surface area contributed by atoms with E-state index in [1.165, 1.54) is 4.31 Å². The molecule has 27 heavy (non-hydrogen) atoms. The van der Waals surface area contributed by atoms with E-state index in [0.717, 1.165) is 0 Å². The number of carbonyl (C=O) groups is 2. The quantitative estimate of drug-likeness (QED) is 0.669. The molecule has 0 aliphatic carbocycles. The third kappa shape index (κ3) is 5.52. The minimum absolute atomic E-state index is 0.0147. The fraction of sp³-hybridized carbons (Fsp3) is 0.579. The van der Waals surface area contributed by atoms with Crippen LogP contribution in [0.25, 0.3) is 0 Å². The van der Waals surface area contributed by atoms with Gasteiger partial charge < -0.3 is 9.80 Å². The molecule has 0 atom stereocenters. The van der Waals surface area contributed by atoms with Gasteiger partial charge in [-0.15, -0.1) is 0 Å². The Kier molecular flexibility index (Phi) is 7.79. The van der Waals surface area contributed by atoms with Gasteiger partial charge in [0.15, 0.2) is 0 Å². The lowest BCUT2D eigenvalue weighted by molar-refractivity contribution is -0.133. The summed E-state index contributed by atoms with van der Waals surface area (Å²) in [6.45, 7) is 6.60. The number of hydrogen-bond acceptors (Lipinski definition) is 4. The van der Waals surface area contributed by atoms with Gasteiger partial charge in [0.25, 0.3) is 0 Å². The molecule has 2 rings (SSSR count). The van der Waals surface area contributed by atoms with Gasteiger partial charge in [-0.2, -0.15) is 4.31 Å². The zero-order valence-corrected chi connectivity index (χ0v) is 17.0. The summed E-state index contributed by atoms with van der Waals surface area (Å²) in [6.07, 6.45) is 1.21. The number of nitrogens with zero attached hydrogens (tertiary/aromatic N) is 3. The van der Waals surface area contributed by atoms with Gasteiger partial charge in [-0.1, -0.05) is 18.2 Å². The molecule has 0 radical (unpaired) electrons. The van der Waals surface area contributed by atoms with Crippen LogP contribution in [0.1, 0.15) is 33.1 Å². The fourth-order valence-electron chi connectivity index (χ4n) is 3.20. The second-order valence-corrected chi connectivity index (χ2v) is 8.46. The number of benzene rings is 1. The van der Waals surface area contributed by atoms with Crippen LogP contribution in [0.2, 0.25) is 0 Å². The lowest BCUT2D eigenvalue weighted by Gasteiger charge is -2.34. The molecule has 8 heteroatoms. The van der Waals surface area contributed by atoms with Crippen molar-refractivity contribution in [1.29, 1.82) is 0 Å². The molecule has 150 valence electrons. The molecular formula is C19H29N3O4S. The van der Waals surface area contributed by atoms with Crippen molar-refractivity contribution in [3.63, 3.8) is 0 Å². The van der Waals surface area contributed by atoms with Gasteiger partial charge in [0.1, 0.15) is 0 Å². The summed E-state index contributed by atoms with van der Waals surface area (Å²) < 4.78 is 26.7. The van der Waals surface area contributed by atoms with Gasteiger partial charge in [0.2, 0.25) is 21.8 Å². The molecule has 0 unspecified atom stereocenters. The van der Waals surface area contributed by atoms with Crippen LogP contribution in [0, 0.1) is 0 Å². The maximum absolute atomic E-state index is 12.6. The Morgan fingerprint density at radius 3 is 2.11 bits per heavy atom. The number of amides is 2. The molecule has 1 fully saturated rings. The van der Waals surface area contributed by atoms with Gasteiger partial charge in [0, 0.05) is 52.1 Å². The summed E-state index contributed by atoms with van der Waals surface area (Å²) in [4.78, 5) is 28.1. The van der Waals surface area contributed by atoms with Crippen molar-refractivity contribution < 1.29 is 18.0 Å².